The lowest BCUT2D eigenvalue weighted by Gasteiger charge is -2.28. The van der Waals surface area contributed by atoms with E-state index in [1.165, 1.54) is 18.3 Å². The van der Waals surface area contributed by atoms with Crippen molar-refractivity contribution in [1.29, 1.82) is 0 Å². The number of carbonyl (C=O) groups is 1. The van der Waals surface area contributed by atoms with Crippen LogP contribution in [0.1, 0.15) is 37.7 Å². The molecule has 0 saturated heterocycles. The number of hydrogen-bond acceptors (Lipinski definition) is 5. The summed E-state index contributed by atoms with van der Waals surface area (Å²) < 4.78 is 17.3. The molecule has 0 radical (unpaired) electrons. The van der Waals surface area contributed by atoms with Crippen molar-refractivity contribution >= 4 is 14.7 Å². The third-order valence-corrected chi connectivity index (χ3v) is 6.21. The molecule has 1 rings (SSSR count). The summed E-state index contributed by atoms with van der Waals surface area (Å²) in [5, 5.41) is 2.77. The fourth-order valence-electron chi connectivity index (χ4n) is 2.18. The zero-order valence-electron chi connectivity index (χ0n) is 14.0. The van der Waals surface area contributed by atoms with E-state index in [1.54, 1.807) is 0 Å². The van der Waals surface area contributed by atoms with Gasteiger partial charge >= 0.3 is 8.80 Å². The molecule has 1 aromatic heterocycles. The highest BCUT2D eigenvalue weighted by atomic mass is 28.4. The first kappa shape index (κ1) is 19.6. The van der Waals surface area contributed by atoms with Crippen molar-refractivity contribution in [2.24, 2.45) is 0 Å². The first-order valence-corrected chi connectivity index (χ1v) is 9.88. The molecule has 1 aromatic rings. The third-order valence-electron chi connectivity index (χ3n) is 3.06. The Hall–Kier alpha value is -1.48. The number of amides is 1. The number of pyridine rings is 1. The molecular formula is C15H26N2O5Si. The van der Waals surface area contributed by atoms with E-state index in [0.29, 0.717) is 38.8 Å². The van der Waals surface area contributed by atoms with Crippen LogP contribution in [0.15, 0.2) is 23.1 Å². The molecule has 0 fully saturated rings. The van der Waals surface area contributed by atoms with Crippen molar-refractivity contribution in [3.05, 3.63) is 34.2 Å². The lowest BCUT2D eigenvalue weighted by Crippen LogP contribution is -2.46. The molecule has 130 valence electrons. The minimum absolute atomic E-state index is 0.204. The molecule has 2 N–H and O–H groups in total. The molecule has 0 aliphatic carbocycles. The van der Waals surface area contributed by atoms with Gasteiger partial charge in [0.15, 0.2) is 5.43 Å². The van der Waals surface area contributed by atoms with Gasteiger partial charge in [0.25, 0.3) is 5.91 Å². The lowest BCUT2D eigenvalue weighted by molar-refractivity contribution is 0.0704. The predicted molar refractivity (Wildman–Crippen MR) is 89.5 cm³/mol. The van der Waals surface area contributed by atoms with E-state index in [4.69, 9.17) is 13.3 Å². The van der Waals surface area contributed by atoms with Crippen molar-refractivity contribution in [1.82, 2.24) is 10.3 Å². The van der Waals surface area contributed by atoms with Crippen LogP contribution in [0.25, 0.3) is 0 Å². The third kappa shape index (κ3) is 6.65. The van der Waals surface area contributed by atoms with Gasteiger partial charge in [-0.15, -0.1) is 0 Å². The molecule has 23 heavy (non-hydrogen) atoms. The summed E-state index contributed by atoms with van der Waals surface area (Å²) in [6.07, 6.45) is 2.13. The Morgan fingerprint density at radius 2 is 1.78 bits per heavy atom. The summed E-state index contributed by atoms with van der Waals surface area (Å²) in [6.45, 7) is 7.78. The van der Waals surface area contributed by atoms with Crippen LogP contribution in [0.5, 0.6) is 0 Å². The summed E-state index contributed by atoms with van der Waals surface area (Å²) in [7, 11) is -2.66. The maximum Gasteiger partial charge on any atom is 0.500 e. The standard InChI is InChI=1S/C15H26N2O5Si/c1-4-20-23(21-5-2,22-6-3)11-7-9-17-15(19)14-12-13(18)8-10-16-14/h8,10,12H,4-7,9,11H2,1-3H3,(H,16,18)(H,17,19). The van der Waals surface area contributed by atoms with Crippen molar-refractivity contribution in [3.63, 3.8) is 0 Å². The van der Waals surface area contributed by atoms with Crippen LogP contribution in [-0.4, -0.2) is 46.1 Å². The molecular weight excluding hydrogens is 316 g/mol. The van der Waals surface area contributed by atoms with Crippen LogP contribution in [0, 0.1) is 0 Å². The molecule has 0 spiro atoms. The average Bonchev–Trinajstić information content (AvgIpc) is 2.52. The molecule has 7 nitrogen and oxygen atoms in total. The number of hydrogen-bond donors (Lipinski definition) is 2. The zero-order valence-corrected chi connectivity index (χ0v) is 15.0. The second-order valence-electron chi connectivity index (χ2n) is 4.78. The Labute approximate surface area is 137 Å². The molecule has 0 aromatic carbocycles. The van der Waals surface area contributed by atoms with Gasteiger partial charge in [0.2, 0.25) is 0 Å². The van der Waals surface area contributed by atoms with Crippen LogP contribution >= 0.6 is 0 Å². The Balaban J connectivity index is 2.49. The summed E-state index contributed by atoms with van der Waals surface area (Å²) in [5.41, 5.74) is 0.0461. The van der Waals surface area contributed by atoms with Gasteiger partial charge in [-0.25, -0.2) is 0 Å². The molecule has 0 aliphatic heterocycles. The van der Waals surface area contributed by atoms with Crippen molar-refractivity contribution in [3.8, 4) is 0 Å². The SMILES string of the molecule is CCO[Si](CCCNC(=O)c1cc(=O)cc[nH]1)(OCC)OCC. The second kappa shape index (κ2) is 10.3. The van der Waals surface area contributed by atoms with Gasteiger partial charge in [0.05, 0.1) is 0 Å². The van der Waals surface area contributed by atoms with Crippen molar-refractivity contribution in [2.75, 3.05) is 26.4 Å². The van der Waals surface area contributed by atoms with Crippen LogP contribution < -0.4 is 10.7 Å². The van der Waals surface area contributed by atoms with Crippen LogP contribution in [0.2, 0.25) is 6.04 Å². The van der Waals surface area contributed by atoms with Gasteiger partial charge < -0.3 is 23.6 Å². The summed E-state index contributed by atoms with van der Waals surface area (Å²) in [4.78, 5) is 25.9. The molecule has 0 bridgehead atoms. The molecule has 0 saturated carbocycles. The molecule has 0 unspecified atom stereocenters. The molecule has 0 atom stereocenters. The smallest absolute Gasteiger partial charge is 0.374 e. The fourth-order valence-corrected chi connectivity index (χ4v) is 4.79. The topological polar surface area (TPSA) is 89.7 Å². The highest BCUT2D eigenvalue weighted by Crippen LogP contribution is 2.17. The van der Waals surface area contributed by atoms with E-state index in [-0.39, 0.29) is 17.0 Å². The van der Waals surface area contributed by atoms with E-state index >= 15 is 0 Å². The average molecular weight is 342 g/mol. The Bertz CT molecular complexity index is 518. The molecule has 8 heteroatoms. The Morgan fingerprint density at radius 1 is 1.17 bits per heavy atom. The minimum atomic E-state index is -2.66. The van der Waals surface area contributed by atoms with Crippen molar-refractivity contribution < 1.29 is 18.1 Å². The van der Waals surface area contributed by atoms with Gasteiger partial charge in [-0.1, -0.05) is 0 Å². The van der Waals surface area contributed by atoms with Gasteiger partial charge in [-0.2, -0.15) is 0 Å². The van der Waals surface area contributed by atoms with Gasteiger partial charge in [-0.3, -0.25) is 9.59 Å². The first-order chi connectivity index (χ1) is 11.1. The van der Waals surface area contributed by atoms with E-state index in [1.807, 2.05) is 20.8 Å². The normalized spacial score (nSPS) is 11.4. The number of rotatable bonds is 11. The maximum atomic E-state index is 11.9. The number of aromatic amines is 1. The van der Waals surface area contributed by atoms with E-state index < -0.39 is 8.80 Å². The second-order valence-corrected chi connectivity index (χ2v) is 7.51. The van der Waals surface area contributed by atoms with Crippen LogP contribution in [0.3, 0.4) is 0 Å². The Morgan fingerprint density at radius 3 is 2.30 bits per heavy atom. The van der Waals surface area contributed by atoms with E-state index in [2.05, 4.69) is 10.3 Å². The van der Waals surface area contributed by atoms with E-state index in [9.17, 15) is 9.59 Å². The van der Waals surface area contributed by atoms with Gasteiger partial charge in [0.1, 0.15) is 5.69 Å². The quantitative estimate of drug-likeness (QED) is 0.470. The zero-order chi connectivity index (χ0) is 17.1. The Kier molecular flexibility index (Phi) is 8.78. The number of nitrogens with one attached hydrogen (secondary N) is 2. The van der Waals surface area contributed by atoms with Crippen molar-refractivity contribution in [2.45, 2.75) is 33.2 Å². The van der Waals surface area contributed by atoms with Crippen LogP contribution in [-0.2, 0) is 13.3 Å². The number of carbonyl (C=O) groups excluding carboxylic acids is 1. The number of H-pyrrole nitrogens is 1. The maximum absolute atomic E-state index is 11.9. The highest BCUT2D eigenvalue weighted by Gasteiger charge is 2.39. The predicted octanol–water partition coefficient (Wildman–Crippen LogP) is 1.54. The molecule has 0 aliphatic rings. The molecule has 1 heterocycles. The summed E-state index contributed by atoms with van der Waals surface area (Å²) in [5.74, 6) is -0.306. The largest absolute Gasteiger partial charge is 0.500 e. The fraction of sp³-hybridized carbons (Fsp3) is 0.600. The van der Waals surface area contributed by atoms with Crippen LogP contribution in [0.4, 0.5) is 0 Å². The summed E-state index contributed by atoms with van der Waals surface area (Å²) in [6, 6.07) is 3.27. The monoisotopic (exact) mass is 342 g/mol. The van der Waals surface area contributed by atoms with Gasteiger partial charge in [0, 0.05) is 50.7 Å². The van der Waals surface area contributed by atoms with E-state index in [0.717, 1.165) is 0 Å². The summed E-state index contributed by atoms with van der Waals surface area (Å²) >= 11 is 0. The van der Waals surface area contributed by atoms with Gasteiger partial charge in [-0.05, 0) is 27.2 Å². The molecule has 1 amide bonds. The lowest BCUT2D eigenvalue weighted by atomic mass is 10.3. The minimum Gasteiger partial charge on any atom is -0.374 e. The number of aromatic nitrogens is 1. The highest BCUT2D eigenvalue weighted by molar-refractivity contribution is 6.60. The first-order valence-electron chi connectivity index (χ1n) is 7.95.